The SMILES string of the molecule is C=C(C)C1(C(=O)O)CCC(N)CC1. The fourth-order valence-corrected chi connectivity index (χ4v) is 1.96. The van der Waals surface area contributed by atoms with Crippen LogP contribution in [0.15, 0.2) is 12.2 Å². The van der Waals surface area contributed by atoms with Crippen LogP contribution in [0, 0.1) is 5.41 Å². The molecular weight excluding hydrogens is 166 g/mol. The number of hydrogen-bond acceptors (Lipinski definition) is 2. The first-order valence-corrected chi connectivity index (χ1v) is 4.64. The molecule has 0 unspecified atom stereocenters. The van der Waals surface area contributed by atoms with Crippen molar-refractivity contribution in [2.24, 2.45) is 11.1 Å². The normalized spacial score (nSPS) is 34.2. The lowest BCUT2D eigenvalue weighted by atomic mass is 9.69. The van der Waals surface area contributed by atoms with Crippen LogP contribution in [0.1, 0.15) is 32.6 Å². The maximum atomic E-state index is 11.1. The molecule has 0 spiro atoms. The molecule has 0 aromatic heterocycles. The summed E-state index contributed by atoms with van der Waals surface area (Å²) in [5.41, 5.74) is 5.79. The van der Waals surface area contributed by atoms with Crippen molar-refractivity contribution in [2.45, 2.75) is 38.6 Å². The Bertz CT molecular complexity index is 211. The molecule has 3 N–H and O–H groups in total. The van der Waals surface area contributed by atoms with Crippen LogP contribution in [-0.2, 0) is 4.79 Å². The van der Waals surface area contributed by atoms with E-state index in [1.165, 1.54) is 0 Å². The maximum Gasteiger partial charge on any atom is 0.313 e. The number of nitrogens with two attached hydrogens (primary N) is 1. The van der Waals surface area contributed by atoms with Gasteiger partial charge in [0.25, 0.3) is 0 Å². The molecule has 74 valence electrons. The zero-order valence-electron chi connectivity index (χ0n) is 8.05. The minimum atomic E-state index is -0.744. The van der Waals surface area contributed by atoms with Gasteiger partial charge in [-0.2, -0.15) is 0 Å². The molecule has 0 bridgehead atoms. The van der Waals surface area contributed by atoms with Crippen LogP contribution >= 0.6 is 0 Å². The van der Waals surface area contributed by atoms with E-state index in [-0.39, 0.29) is 6.04 Å². The smallest absolute Gasteiger partial charge is 0.313 e. The largest absolute Gasteiger partial charge is 0.481 e. The number of carboxylic acids is 1. The summed E-state index contributed by atoms with van der Waals surface area (Å²) in [5, 5.41) is 9.14. The average Bonchev–Trinajstić information content (AvgIpc) is 2.04. The number of hydrogen-bond donors (Lipinski definition) is 2. The topological polar surface area (TPSA) is 63.3 Å². The van der Waals surface area contributed by atoms with Gasteiger partial charge in [-0.25, -0.2) is 0 Å². The summed E-state index contributed by atoms with van der Waals surface area (Å²) in [6, 6.07) is 0.173. The quantitative estimate of drug-likeness (QED) is 0.638. The Morgan fingerprint density at radius 2 is 2.00 bits per heavy atom. The van der Waals surface area contributed by atoms with Crippen LogP contribution < -0.4 is 5.73 Å². The first-order valence-electron chi connectivity index (χ1n) is 4.64. The first-order chi connectivity index (χ1) is 5.99. The van der Waals surface area contributed by atoms with Crippen LogP contribution in [0.2, 0.25) is 0 Å². The second-order valence-corrected chi connectivity index (χ2v) is 4.01. The van der Waals surface area contributed by atoms with Gasteiger partial charge in [0.15, 0.2) is 0 Å². The zero-order chi connectivity index (χ0) is 10.1. The summed E-state index contributed by atoms with van der Waals surface area (Å²) in [7, 11) is 0. The van der Waals surface area contributed by atoms with E-state index in [9.17, 15) is 4.79 Å². The predicted octanol–water partition coefficient (Wildman–Crippen LogP) is 1.53. The summed E-state index contributed by atoms with van der Waals surface area (Å²) in [4.78, 5) is 11.1. The van der Waals surface area contributed by atoms with Crippen molar-refractivity contribution in [1.82, 2.24) is 0 Å². The van der Waals surface area contributed by atoms with E-state index in [0.717, 1.165) is 18.4 Å². The highest BCUT2D eigenvalue weighted by atomic mass is 16.4. The molecule has 13 heavy (non-hydrogen) atoms. The van der Waals surface area contributed by atoms with Gasteiger partial charge in [-0.05, 0) is 32.6 Å². The molecule has 3 nitrogen and oxygen atoms in total. The van der Waals surface area contributed by atoms with Gasteiger partial charge in [-0.15, -0.1) is 0 Å². The van der Waals surface area contributed by atoms with Crippen LogP contribution in [0.25, 0.3) is 0 Å². The van der Waals surface area contributed by atoms with Crippen LogP contribution in [0.5, 0.6) is 0 Å². The highest BCUT2D eigenvalue weighted by molar-refractivity contribution is 5.78. The lowest BCUT2D eigenvalue weighted by Crippen LogP contribution is -2.40. The van der Waals surface area contributed by atoms with Crippen molar-refractivity contribution in [1.29, 1.82) is 0 Å². The molecule has 1 aliphatic carbocycles. The minimum absolute atomic E-state index is 0.173. The Balaban J connectivity index is 2.82. The van der Waals surface area contributed by atoms with Gasteiger partial charge in [-0.3, -0.25) is 4.79 Å². The third kappa shape index (κ3) is 1.75. The van der Waals surface area contributed by atoms with E-state index < -0.39 is 11.4 Å². The zero-order valence-corrected chi connectivity index (χ0v) is 8.05. The third-order valence-electron chi connectivity index (χ3n) is 3.11. The lowest BCUT2D eigenvalue weighted by molar-refractivity contribution is -0.148. The Morgan fingerprint density at radius 1 is 1.54 bits per heavy atom. The fraction of sp³-hybridized carbons (Fsp3) is 0.700. The van der Waals surface area contributed by atoms with E-state index in [4.69, 9.17) is 10.8 Å². The van der Waals surface area contributed by atoms with Gasteiger partial charge in [0.05, 0.1) is 5.41 Å². The summed E-state index contributed by atoms with van der Waals surface area (Å²) in [6.07, 6.45) is 2.86. The van der Waals surface area contributed by atoms with Crippen LogP contribution in [-0.4, -0.2) is 17.1 Å². The maximum absolute atomic E-state index is 11.1. The van der Waals surface area contributed by atoms with E-state index in [2.05, 4.69) is 6.58 Å². The van der Waals surface area contributed by atoms with Gasteiger partial charge in [0, 0.05) is 6.04 Å². The second kappa shape index (κ2) is 3.50. The van der Waals surface area contributed by atoms with Gasteiger partial charge in [0.2, 0.25) is 0 Å². The summed E-state index contributed by atoms with van der Waals surface area (Å²) in [6.45, 7) is 5.57. The molecule has 1 fully saturated rings. The van der Waals surface area contributed by atoms with Gasteiger partial charge < -0.3 is 10.8 Å². The Kier molecular flexibility index (Phi) is 2.76. The molecule has 0 radical (unpaired) electrons. The van der Waals surface area contributed by atoms with Crippen molar-refractivity contribution >= 4 is 5.97 Å². The van der Waals surface area contributed by atoms with Gasteiger partial charge in [0.1, 0.15) is 0 Å². The Hall–Kier alpha value is -0.830. The molecule has 1 aliphatic rings. The predicted molar refractivity (Wildman–Crippen MR) is 51.3 cm³/mol. The minimum Gasteiger partial charge on any atom is -0.481 e. The summed E-state index contributed by atoms with van der Waals surface area (Å²) in [5.74, 6) is -0.744. The summed E-state index contributed by atoms with van der Waals surface area (Å²) >= 11 is 0. The number of carboxylic acid groups (broad SMARTS) is 1. The number of aliphatic carboxylic acids is 1. The molecule has 0 amide bonds. The molecule has 1 saturated carbocycles. The Morgan fingerprint density at radius 3 is 2.31 bits per heavy atom. The van der Waals surface area contributed by atoms with Crippen molar-refractivity contribution in [3.8, 4) is 0 Å². The van der Waals surface area contributed by atoms with Crippen molar-refractivity contribution in [2.75, 3.05) is 0 Å². The van der Waals surface area contributed by atoms with Crippen molar-refractivity contribution in [3.63, 3.8) is 0 Å². The third-order valence-corrected chi connectivity index (χ3v) is 3.11. The molecule has 3 heteroatoms. The highest BCUT2D eigenvalue weighted by Crippen LogP contribution is 2.41. The molecular formula is C10H17NO2. The number of carbonyl (C=O) groups is 1. The van der Waals surface area contributed by atoms with Gasteiger partial charge in [-0.1, -0.05) is 12.2 Å². The molecule has 0 aromatic carbocycles. The van der Waals surface area contributed by atoms with E-state index >= 15 is 0 Å². The number of rotatable bonds is 2. The summed E-state index contributed by atoms with van der Waals surface area (Å²) < 4.78 is 0. The molecule has 0 heterocycles. The molecule has 0 aromatic rings. The molecule has 1 rings (SSSR count). The van der Waals surface area contributed by atoms with Crippen molar-refractivity contribution < 1.29 is 9.90 Å². The van der Waals surface area contributed by atoms with E-state index in [1.807, 2.05) is 0 Å². The monoisotopic (exact) mass is 183 g/mol. The van der Waals surface area contributed by atoms with Crippen molar-refractivity contribution in [3.05, 3.63) is 12.2 Å². The van der Waals surface area contributed by atoms with Crippen LogP contribution in [0.4, 0.5) is 0 Å². The fourth-order valence-electron chi connectivity index (χ4n) is 1.96. The standard InChI is InChI=1S/C10H17NO2/c1-7(2)10(9(12)13)5-3-8(11)4-6-10/h8H,1,3-6,11H2,2H3,(H,12,13). The Labute approximate surface area is 78.6 Å². The second-order valence-electron chi connectivity index (χ2n) is 4.01. The lowest BCUT2D eigenvalue weighted by Gasteiger charge is -2.36. The molecule has 0 aliphatic heterocycles. The van der Waals surface area contributed by atoms with E-state index in [1.54, 1.807) is 6.92 Å². The van der Waals surface area contributed by atoms with E-state index in [0.29, 0.717) is 12.8 Å². The molecule has 0 atom stereocenters. The van der Waals surface area contributed by atoms with Crippen LogP contribution in [0.3, 0.4) is 0 Å². The van der Waals surface area contributed by atoms with Gasteiger partial charge >= 0.3 is 5.97 Å². The average molecular weight is 183 g/mol. The first kappa shape index (κ1) is 10.3. The highest BCUT2D eigenvalue weighted by Gasteiger charge is 2.41. The molecule has 0 saturated heterocycles.